The molecule has 2 aromatic rings. The smallest absolute Gasteiger partial charge is 0.231 e. The lowest BCUT2D eigenvalue weighted by atomic mass is 10.1. The van der Waals surface area contributed by atoms with Gasteiger partial charge in [0.15, 0.2) is 11.5 Å². The van der Waals surface area contributed by atoms with Crippen molar-refractivity contribution in [1.82, 2.24) is 5.32 Å². The van der Waals surface area contributed by atoms with Gasteiger partial charge in [-0.05, 0) is 37.1 Å². The van der Waals surface area contributed by atoms with Gasteiger partial charge >= 0.3 is 0 Å². The van der Waals surface area contributed by atoms with E-state index in [1.54, 1.807) is 0 Å². The Labute approximate surface area is 129 Å². The van der Waals surface area contributed by atoms with Gasteiger partial charge in [0.2, 0.25) is 6.79 Å². The summed E-state index contributed by atoms with van der Waals surface area (Å²) in [6.07, 6.45) is 0. The first kappa shape index (κ1) is 14.2. The molecule has 0 aliphatic carbocycles. The molecular formula is C17H18ClNO2. The number of hydrogen-bond acceptors (Lipinski definition) is 3. The summed E-state index contributed by atoms with van der Waals surface area (Å²) in [5.41, 5.74) is 3.63. The fourth-order valence-corrected chi connectivity index (χ4v) is 2.65. The van der Waals surface area contributed by atoms with Gasteiger partial charge in [-0.3, -0.25) is 0 Å². The highest BCUT2D eigenvalue weighted by Crippen LogP contribution is 2.39. The van der Waals surface area contributed by atoms with Crippen LogP contribution in [0.3, 0.4) is 0 Å². The molecule has 0 spiro atoms. The number of hydrogen-bond donors (Lipinski definition) is 1. The van der Waals surface area contributed by atoms with E-state index in [9.17, 15) is 0 Å². The van der Waals surface area contributed by atoms with Crippen LogP contribution in [0.2, 0.25) is 5.02 Å². The molecule has 3 rings (SSSR count). The van der Waals surface area contributed by atoms with Crippen molar-refractivity contribution in [2.24, 2.45) is 0 Å². The average molecular weight is 304 g/mol. The molecule has 1 N–H and O–H groups in total. The summed E-state index contributed by atoms with van der Waals surface area (Å²) in [5.74, 6) is 1.37. The molecule has 0 bridgehead atoms. The van der Waals surface area contributed by atoms with Gasteiger partial charge in [-0.2, -0.15) is 0 Å². The fourth-order valence-electron chi connectivity index (χ4n) is 2.37. The van der Waals surface area contributed by atoms with Crippen molar-refractivity contribution in [3.05, 3.63) is 58.1 Å². The standard InChI is InChI=1S/C17H18ClNO2/c1-11-3-5-14(6-4-11)12(2)19-9-13-7-15(18)17-16(8-13)20-10-21-17/h3-8,12,19H,9-10H2,1-2H3. The minimum Gasteiger partial charge on any atom is -0.454 e. The number of rotatable bonds is 4. The highest BCUT2D eigenvalue weighted by atomic mass is 35.5. The van der Waals surface area contributed by atoms with E-state index in [2.05, 4.69) is 43.4 Å². The summed E-state index contributed by atoms with van der Waals surface area (Å²) in [4.78, 5) is 0. The van der Waals surface area contributed by atoms with Gasteiger partial charge in [0.05, 0.1) is 5.02 Å². The molecule has 1 aliphatic rings. The van der Waals surface area contributed by atoms with Crippen molar-refractivity contribution in [3.8, 4) is 11.5 Å². The molecule has 0 amide bonds. The van der Waals surface area contributed by atoms with Crippen molar-refractivity contribution >= 4 is 11.6 Å². The lowest BCUT2D eigenvalue weighted by molar-refractivity contribution is 0.174. The molecule has 0 radical (unpaired) electrons. The highest BCUT2D eigenvalue weighted by Gasteiger charge is 2.18. The Morgan fingerprint density at radius 3 is 2.71 bits per heavy atom. The maximum absolute atomic E-state index is 6.19. The molecular weight excluding hydrogens is 286 g/mol. The molecule has 21 heavy (non-hydrogen) atoms. The van der Waals surface area contributed by atoms with Crippen LogP contribution in [0.15, 0.2) is 36.4 Å². The van der Waals surface area contributed by atoms with Crippen molar-refractivity contribution in [2.45, 2.75) is 26.4 Å². The summed E-state index contributed by atoms with van der Waals surface area (Å²) < 4.78 is 10.7. The lowest BCUT2D eigenvalue weighted by Gasteiger charge is -2.15. The van der Waals surface area contributed by atoms with Crippen molar-refractivity contribution < 1.29 is 9.47 Å². The third-order valence-corrected chi connectivity index (χ3v) is 3.96. The van der Waals surface area contributed by atoms with Crippen LogP contribution in [-0.4, -0.2) is 6.79 Å². The molecule has 3 nitrogen and oxygen atoms in total. The Kier molecular flexibility index (Phi) is 4.04. The minimum absolute atomic E-state index is 0.242. The van der Waals surface area contributed by atoms with Gasteiger partial charge in [-0.25, -0.2) is 0 Å². The second-order valence-electron chi connectivity index (χ2n) is 5.32. The van der Waals surface area contributed by atoms with E-state index in [0.29, 0.717) is 10.8 Å². The van der Waals surface area contributed by atoms with E-state index in [1.165, 1.54) is 11.1 Å². The molecule has 1 heterocycles. The summed E-state index contributed by atoms with van der Waals surface area (Å²) in [7, 11) is 0. The zero-order valence-electron chi connectivity index (χ0n) is 12.2. The Morgan fingerprint density at radius 1 is 1.19 bits per heavy atom. The largest absolute Gasteiger partial charge is 0.454 e. The summed E-state index contributed by atoms with van der Waals surface area (Å²) >= 11 is 6.19. The van der Waals surface area contributed by atoms with E-state index >= 15 is 0 Å². The molecule has 0 saturated carbocycles. The van der Waals surface area contributed by atoms with Gasteiger partial charge in [-0.1, -0.05) is 41.4 Å². The predicted molar refractivity (Wildman–Crippen MR) is 84.0 cm³/mol. The van der Waals surface area contributed by atoms with Crippen LogP contribution >= 0.6 is 11.6 Å². The third-order valence-electron chi connectivity index (χ3n) is 3.68. The molecule has 1 unspecified atom stereocenters. The van der Waals surface area contributed by atoms with Crippen LogP contribution in [-0.2, 0) is 6.54 Å². The molecule has 0 fully saturated rings. The van der Waals surface area contributed by atoms with Crippen molar-refractivity contribution in [1.29, 1.82) is 0 Å². The highest BCUT2D eigenvalue weighted by molar-refractivity contribution is 6.32. The van der Waals surface area contributed by atoms with Gasteiger partial charge < -0.3 is 14.8 Å². The topological polar surface area (TPSA) is 30.5 Å². The average Bonchev–Trinajstić information content (AvgIpc) is 2.94. The first-order valence-corrected chi connectivity index (χ1v) is 7.39. The number of ether oxygens (including phenoxy) is 2. The fraction of sp³-hybridized carbons (Fsp3) is 0.294. The van der Waals surface area contributed by atoms with Crippen molar-refractivity contribution in [3.63, 3.8) is 0 Å². The van der Waals surface area contributed by atoms with Gasteiger partial charge in [-0.15, -0.1) is 0 Å². The summed E-state index contributed by atoms with van der Waals surface area (Å²) in [5, 5.41) is 4.10. The minimum atomic E-state index is 0.242. The van der Waals surface area contributed by atoms with Gasteiger partial charge in [0.25, 0.3) is 0 Å². The van der Waals surface area contributed by atoms with E-state index in [4.69, 9.17) is 21.1 Å². The number of benzene rings is 2. The zero-order valence-corrected chi connectivity index (χ0v) is 12.9. The van der Waals surface area contributed by atoms with Crippen LogP contribution in [0.25, 0.3) is 0 Å². The second-order valence-corrected chi connectivity index (χ2v) is 5.73. The first-order chi connectivity index (χ1) is 10.1. The Balaban J connectivity index is 1.67. The first-order valence-electron chi connectivity index (χ1n) is 7.01. The van der Waals surface area contributed by atoms with Crippen LogP contribution in [0.5, 0.6) is 11.5 Å². The molecule has 1 atom stereocenters. The van der Waals surface area contributed by atoms with Crippen LogP contribution in [0.4, 0.5) is 0 Å². The Hall–Kier alpha value is -1.71. The van der Waals surface area contributed by atoms with Gasteiger partial charge in [0, 0.05) is 12.6 Å². The summed E-state index contributed by atoms with van der Waals surface area (Å²) in [6.45, 7) is 5.22. The van der Waals surface area contributed by atoms with Crippen molar-refractivity contribution in [2.75, 3.05) is 6.79 Å². The van der Waals surface area contributed by atoms with Crippen LogP contribution < -0.4 is 14.8 Å². The third kappa shape index (κ3) is 3.14. The second kappa shape index (κ2) is 5.96. The molecule has 0 aromatic heterocycles. The van der Waals surface area contributed by atoms with Gasteiger partial charge in [0.1, 0.15) is 0 Å². The molecule has 0 saturated heterocycles. The van der Waals surface area contributed by atoms with E-state index in [1.807, 2.05) is 12.1 Å². The lowest BCUT2D eigenvalue weighted by Crippen LogP contribution is -2.18. The maximum atomic E-state index is 6.19. The maximum Gasteiger partial charge on any atom is 0.231 e. The number of fused-ring (bicyclic) bond motifs is 1. The van der Waals surface area contributed by atoms with E-state index < -0.39 is 0 Å². The number of aryl methyl sites for hydroxylation is 1. The Morgan fingerprint density at radius 2 is 1.95 bits per heavy atom. The SMILES string of the molecule is Cc1ccc(C(C)NCc2cc(Cl)c3c(c2)OCO3)cc1. The summed E-state index contributed by atoms with van der Waals surface area (Å²) in [6, 6.07) is 12.7. The molecule has 4 heteroatoms. The van der Waals surface area contributed by atoms with Crippen LogP contribution in [0.1, 0.15) is 29.7 Å². The van der Waals surface area contributed by atoms with Crippen LogP contribution in [0, 0.1) is 6.92 Å². The number of halogens is 1. The molecule has 110 valence electrons. The number of nitrogens with one attached hydrogen (secondary N) is 1. The van der Waals surface area contributed by atoms with E-state index in [0.717, 1.165) is 17.9 Å². The predicted octanol–water partition coefficient (Wildman–Crippen LogP) is 4.23. The zero-order chi connectivity index (χ0) is 14.8. The quantitative estimate of drug-likeness (QED) is 0.917. The molecule has 2 aromatic carbocycles. The monoisotopic (exact) mass is 303 g/mol. The normalized spacial score (nSPS) is 14.2. The molecule has 1 aliphatic heterocycles. The Bertz CT molecular complexity index is 640. The van der Waals surface area contributed by atoms with E-state index in [-0.39, 0.29) is 12.8 Å².